The number of hydrogen-bond donors (Lipinski definition) is 0. The zero-order valence-electron chi connectivity index (χ0n) is 24.4. The molecule has 2 saturated carbocycles. The van der Waals surface area contributed by atoms with Crippen LogP contribution in [0.2, 0.25) is 0 Å². The van der Waals surface area contributed by atoms with E-state index < -0.39 is 52.3 Å². The first-order chi connectivity index (χ1) is 20.4. The maximum atomic E-state index is 15.0. The Morgan fingerprint density at radius 3 is 1.88 bits per heavy atom. The fourth-order valence-electron chi connectivity index (χ4n) is 6.87. The van der Waals surface area contributed by atoms with Gasteiger partial charge in [-0.2, -0.15) is 13.2 Å². The van der Waals surface area contributed by atoms with Crippen molar-refractivity contribution < 1.29 is 40.3 Å². The van der Waals surface area contributed by atoms with E-state index in [1.54, 1.807) is 0 Å². The molecule has 0 aromatic heterocycles. The quantitative estimate of drug-likeness (QED) is 0.115. The molecule has 0 N–H and O–H groups in total. The Morgan fingerprint density at radius 2 is 1.35 bits per heavy atom. The molecule has 2 aromatic carbocycles. The average Bonchev–Trinajstić information content (AvgIpc) is 2.94. The Morgan fingerprint density at radius 1 is 0.791 bits per heavy atom. The number of benzene rings is 2. The summed E-state index contributed by atoms with van der Waals surface area (Å²) in [5.41, 5.74) is -1.55. The van der Waals surface area contributed by atoms with Crippen LogP contribution in [0.5, 0.6) is 5.75 Å². The first kappa shape index (κ1) is 33.1. The van der Waals surface area contributed by atoms with Crippen molar-refractivity contribution in [1.29, 1.82) is 0 Å². The maximum Gasteiger partial charge on any atom is 0.409 e. The number of unbranched alkanes of at least 4 members (excludes halogenated alkanes) is 3. The molecule has 0 atom stereocenters. The second-order valence-electron chi connectivity index (χ2n) is 12.2. The number of allylic oxidation sites excluding steroid dienone is 1. The summed E-state index contributed by atoms with van der Waals surface area (Å²) in [6.07, 6.45) is 10.3. The Labute approximate surface area is 248 Å². The van der Waals surface area contributed by atoms with Crippen molar-refractivity contribution in [3.63, 3.8) is 0 Å². The topological polar surface area (TPSA) is 26.3 Å². The lowest BCUT2D eigenvalue weighted by Gasteiger charge is -2.38. The first-order valence-electron chi connectivity index (χ1n) is 15.4. The van der Waals surface area contributed by atoms with Crippen molar-refractivity contribution in [3.05, 3.63) is 70.3 Å². The highest BCUT2D eigenvalue weighted by atomic mass is 19.4. The minimum atomic E-state index is -4.79. The zero-order chi connectivity index (χ0) is 31.1. The third kappa shape index (κ3) is 9.08. The van der Waals surface area contributed by atoms with Gasteiger partial charge in [0.2, 0.25) is 0 Å². The molecule has 0 heterocycles. The molecule has 0 bridgehead atoms. The smallest absolute Gasteiger partial charge is 0.409 e. The van der Waals surface area contributed by atoms with Gasteiger partial charge in [0.25, 0.3) is 0 Å². The predicted octanol–water partition coefficient (Wildman–Crippen LogP) is 11.1. The summed E-state index contributed by atoms with van der Waals surface area (Å²) in [5, 5.41) is 0. The standard InChI is InChI=1S/C34H39F7O2/c1-2-3-4-5-6-21-7-9-22(10-8-21)23-11-13-24(14-12-23)25-17-30(37)32(31(38)18-25)33(42)43-26-19-28(35)27(29(36)20-26)15-16-34(39,40)41/h15-24H,2-14H2,1H3/b16-15+. The van der Waals surface area contributed by atoms with Crippen LogP contribution in [-0.4, -0.2) is 12.1 Å². The highest BCUT2D eigenvalue weighted by Crippen LogP contribution is 2.45. The lowest BCUT2D eigenvalue weighted by atomic mass is 9.68. The van der Waals surface area contributed by atoms with Crippen LogP contribution >= 0.6 is 0 Å². The third-order valence-corrected chi connectivity index (χ3v) is 9.24. The molecule has 0 unspecified atom stereocenters. The van der Waals surface area contributed by atoms with Crippen LogP contribution in [0.1, 0.15) is 118 Å². The summed E-state index contributed by atoms with van der Waals surface area (Å²) in [5.74, 6) is -5.29. The molecule has 9 heteroatoms. The number of ether oxygens (including phenoxy) is 1. The van der Waals surface area contributed by atoms with Gasteiger partial charge in [-0.1, -0.05) is 51.9 Å². The van der Waals surface area contributed by atoms with Crippen LogP contribution < -0.4 is 4.74 Å². The first-order valence-corrected chi connectivity index (χ1v) is 15.4. The molecule has 2 fully saturated rings. The van der Waals surface area contributed by atoms with Crippen LogP contribution in [0, 0.1) is 41.0 Å². The molecule has 0 saturated heterocycles. The van der Waals surface area contributed by atoms with Gasteiger partial charge in [0, 0.05) is 23.8 Å². The summed E-state index contributed by atoms with van der Waals surface area (Å²) in [4.78, 5) is 12.5. The van der Waals surface area contributed by atoms with Gasteiger partial charge in [-0.25, -0.2) is 22.4 Å². The Hall–Kier alpha value is -2.84. The number of hydrogen-bond acceptors (Lipinski definition) is 2. The van der Waals surface area contributed by atoms with E-state index in [0.29, 0.717) is 29.5 Å². The van der Waals surface area contributed by atoms with E-state index in [2.05, 4.69) is 6.92 Å². The van der Waals surface area contributed by atoms with Crippen molar-refractivity contribution in [2.24, 2.45) is 17.8 Å². The highest BCUT2D eigenvalue weighted by molar-refractivity contribution is 5.91. The summed E-state index contributed by atoms with van der Waals surface area (Å²) in [6, 6.07) is 3.17. The summed E-state index contributed by atoms with van der Waals surface area (Å²) in [6.45, 7) is 2.23. The van der Waals surface area contributed by atoms with Gasteiger partial charge in [-0.05, 0) is 86.0 Å². The number of rotatable bonds is 10. The maximum absolute atomic E-state index is 15.0. The van der Waals surface area contributed by atoms with Gasteiger partial charge in [-0.3, -0.25) is 0 Å². The molecule has 0 aliphatic heterocycles. The van der Waals surface area contributed by atoms with Crippen molar-refractivity contribution in [1.82, 2.24) is 0 Å². The molecular formula is C34H39F7O2. The highest BCUT2D eigenvalue weighted by Gasteiger charge is 2.32. The SMILES string of the molecule is CCCCCCC1CCC(C2CCC(c3cc(F)c(C(=O)Oc4cc(F)c(/C=C/C(F)(F)F)c(F)c4)c(F)c3)CC2)CC1. The summed E-state index contributed by atoms with van der Waals surface area (Å²) < 4.78 is 100. The van der Waals surface area contributed by atoms with Crippen molar-refractivity contribution in [2.45, 2.75) is 102 Å². The van der Waals surface area contributed by atoms with E-state index in [1.807, 2.05) is 0 Å². The number of carbonyl (C=O) groups is 1. The van der Waals surface area contributed by atoms with E-state index in [-0.39, 0.29) is 18.1 Å². The number of carbonyl (C=O) groups excluding carboxylic acids is 1. The lowest BCUT2D eigenvalue weighted by molar-refractivity contribution is -0.0790. The third-order valence-electron chi connectivity index (χ3n) is 9.24. The van der Waals surface area contributed by atoms with Gasteiger partial charge in [0.05, 0.1) is 0 Å². The second kappa shape index (κ2) is 14.8. The van der Waals surface area contributed by atoms with Crippen molar-refractivity contribution >= 4 is 12.0 Å². The monoisotopic (exact) mass is 612 g/mol. The number of halogens is 7. The molecule has 2 nitrogen and oxygen atoms in total. The molecule has 236 valence electrons. The lowest BCUT2D eigenvalue weighted by Crippen LogP contribution is -2.25. The summed E-state index contributed by atoms with van der Waals surface area (Å²) >= 11 is 0. The number of alkyl halides is 3. The van der Waals surface area contributed by atoms with E-state index in [1.165, 1.54) is 57.8 Å². The van der Waals surface area contributed by atoms with Gasteiger partial charge < -0.3 is 4.74 Å². The van der Waals surface area contributed by atoms with Crippen LogP contribution in [0.15, 0.2) is 30.3 Å². The van der Waals surface area contributed by atoms with Crippen LogP contribution in [0.3, 0.4) is 0 Å². The molecule has 0 radical (unpaired) electrons. The normalized spacial score (nSPS) is 23.1. The molecular weight excluding hydrogens is 573 g/mol. The van der Waals surface area contributed by atoms with Crippen molar-refractivity contribution in [2.75, 3.05) is 0 Å². The fourth-order valence-corrected chi connectivity index (χ4v) is 6.87. The van der Waals surface area contributed by atoms with Gasteiger partial charge in [0.1, 0.15) is 34.6 Å². The number of esters is 1. The largest absolute Gasteiger partial charge is 0.423 e. The second-order valence-corrected chi connectivity index (χ2v) is 12.2. The molecule has 2 aromatic rings. The molecule has 4 rings (SSSR count). The zero-order valence-corrected chi connectivity index (χ0v) is 24.4. The molecule has 0 spiro atoms. The average molecular weight is 613 g/mol. The Balaban J connectivity index is 1.32. The van der Waals surface area contributed by atoms with Crippen LogP contribution in [0.4, 0.5) is 30.7 Å². The molecule has 0 amide bonds. The predicted molar refractivity (Wildman–Crippen MR) is 152 cm³/mol. The summed E-state index contributed by atoms with van der Waals surface area (Å²) in [7, 11) is 0. The van der Waals surface area contributed by atoms with Gasteiger partial charge in [-0.15, -0.1) is 0 Å². The fraction of sp³-hybridized carbons (Fsp3) is 0.559. The van der Waals surface area contributed by atoms with E-state index in [9.17, 15) is 35.5 Å². The minimum Gasteiger partial charge on any atom is -0.423 e. The van der Waals surface area contributed by atoms with Gasteiger partial charge >= 0.3 is 12.1 Å². The van der Waals surface area contributed by atoms with Crippen molar-refractivity contribution in [3.8, 4) is 5.75 Å². The van der Waals surface area contributed by atoms with Crippen LogP contribution in [-0.2, 0) is 0 Å². The minimum absolute atomic E-state index is 0.0410. The van der Waals surface area contributed by atoms with Crippen LogP contribution in [0.25, 0.3) is 6.08 Å². The van der Waals surface area contributed by atoms with E-state index in [4.69, 9.17) is 4.74 Å². The molecule has 43 heavy (non-hydrogen) atoms. The van der Waals surface area contributed by atoms with Gasteiger partial charge in [0.15, 0.2) is 0 Å². The Kier molecular flexibility index (Phi) is 11.3. The molecule has 2 aliphatic rings. The van der Waals surface area contributed by atoms with E-state index >= 15 is 0 Å². The Bertz CT molecular complexity index is 1220. The van der Waals surface area contributed by atoms with E-state index in [0.717, 1.165) is 43.7 Å². The molecule has 2 aliphatic carbocycles.